The third kappa shape index (κ3) is 4.54. The van der Waals surface area contributed by atoms with Gasteiger partial charge in [-0.2, -0.15) is 0 Å². The minimum Gasteiger partial charge on any atom is -0.361 e. The van der Waals surface area contributed by atoms with Gasteiger partial charge in [-0.3, -0.25) is 9.88 Å². The van der Waals surface area contributed by atoms with Gasteiger partial charge in [0, 0.05) is 44.0 Å². The number of hydrogen-bond acceptors (Lipinski definition) is 7. The molecule has 6 nitrogen and oxygen atoms in total. The molecule has 0 spiro atoms. The van der Waals surface area contributed by atoms with Crippen molar-refractivity contribution >= 4 is 17.6 Å². The van der Waals surface area contributed by atoms with Crippen molar-refractivity contribution in [2.75, 3.05) is 31.1 Å². The van der Waals surface area contributed by atoms with E-state index in [9.17, 15) is 0 Å². The molecule has 0 bridgehead atoms. The SMILES string of the molecule is Cc1noc(C)c1CN1CCN(c2cncc(SCc3ccccc3)n2)CC1. The summed E-state index contributed by atoms with van der Waals surface area (Å²) < 4.78 is 5.29. The molecule has 3 heterocycles. The van der Waals surface area contributed by atoms with Crippen molar-refractivity contribution in [3.05, 3.63) is 65.3 Å². The number of thioether (sulfide) groups is 1. The Morgan fingerprint density at radius 3 is 2.54 bits per heavy atom. The molecule has 0 saturated carbocycles. The smallest absolute Gasteiger partial charge is 0.148 e. The van der Waals surface area contributed by atoms with Crippen molar-refractivity contribution in [3.8, 4) is 0 Å². The third-order valence-corrected chi connectivity index (χ3v) is 6.06. The Labute approximate surface area is 170 Å². The number of benzene rings is 1. The Bertz CT molecular complexity index is 887. The zero-order valence-electron chi connectivity index (χ0n) is 16.3. The quantitative estimate of drug-likeness (QED) is 0.590. The maximum Gasteiger partial charge on any atom is 0.148 e. The molecule has 0 unspecified atom stereocenters. The molecular weight excluding hydrogens is 370 g/mol. The van der Waals surface area contributed by atoms with E-state index in [1.165, 1.54) is 11.1 Å². The fourth-order valence-corrected chi connectivity index (χ4v) is 4.18. The molecule has 0 radical (unpaired) electrons. The predicted octanol–water partition coefficient (Wildman–Crippen LogP) is 3.70. The molecule has 0 aliphatic carbocycles. The van der Waals surface area contributed by atoms with Crippen LogP contribution in [0.2, 0.25) is 0 Å². The summed E-state index contributed by atoms with van der Waals surface area (Å²) >= 11 is 1.73. The van der Waals surface area contributed by atoms with Gasteiger partial charge in [-0.1, -0.05) is 35.5 Å². The molecule has 1 aromatic carbocycles. The van der Waals surface area contributed by atoms with Gasteiger partial charge < -0.3 is 9.42 Å². The lowest BCUT2D eigenvalue weighted by atomic mass is 10.2. The van der Waals surface area contributed by atoms with Crippen LogP contribution in [0.25, 0.3) is 0 Å². The third-order valence-electron chi connectivity index (χ3n) is 5.09. The number of nitrogens with zero attached hydrogens (tertiary/aromatic N) is 5. The zero-order valence-corrected chi connectivity index (χ0v) is 17.2. The molecular formula is C21H25N5OS. The molecule has 4 rings (SSSR count). The Morgan fingerprint density at radius 2 is 1.82 bits per heavy atom. The second-order valence-corrected chi connectivity index (χ2v) is 8.05. The minimum absolute atomic E-state index is 0.896. The zero-order chi connectivity index (χ0) is 19.3. The van der Waals surface area contributed by atoms with Gasteiger partial charge in [0.2, 0.25) is 0 Å². The van der Waals surface area contributed by atoms with E-state index in [0.717, 1.165) is 60.8 Å². The fraction of sp³-hybridized carbons (Fsp3) is 0.381. The summed E-state index contributed by atoms with van der Waals surface area (Å²) in [5.74, 6) is 2.80. The number of rotatable bonds is 6. The number of aromatic nitrogens is 3. The average Bonchev–Trinajstić information content (AvgIpc) is 3.06. The highest BCUT2D eigenvalue weighted by Gasteiger charge is 2.21. The van der Waals surface area contributed by atoms with Crippen LogP contribution in [-0.2, 0) is 12.3 Å². The molecule has 1 aliphatic rings. The van der Waals surface area contributed by atoms with Gasteiger partial charge in [-0.05, 0) is 19.4 Å². The Morgan fingerprint density at radius 1 is 1.04 bits per heavy atom. The number of aryl methyl sites for hydroxylation is 2. The average molecular weight is 396 g/mol. The maximum atomic E-state index is 5.29. The fourth-order valence-electron chi connectivity index (χ4n) is 3.38. The van der Waals surface area contributed by atoms with Crippen LogP contribution in [0.1, 0.15) is 22.6 Å². The van der Waals surface area contributed by atoms with E-state index in [2.05, 4.69) is 44.2 Å². The van der Waals surface area contributed by atoms with Crippen LogP contribution in [-0.4, -0.2) is 46.2 Å². The Kier molecular flexibility index (Phi) is 5.92. The van der Waals surface area contributed by atoms with Crippen LogP contribution >= 0.6 is 11.8 Å². The number of hydrogen-bond donors (Lipinski definition) is 0. The molecule has 28 heavy (non-hydrogen) atoms. The minimum atomic E-state index is 0.896. The first-order valence-electron chi connectivity index (χ1n) is 9.57. The van der Waals surface area contributed by atoms with E-state index >= 15 is 0 Å². The Balaban J connectivity index is 1.33. The molecule has 1 saturated heterocycles. The highest BCUT2D eigenvalue weighted by molar-refractivity contribution is 7.98. The van der Waals surface area contributed by atoms with Crippen LogP contribution in [0.15, 0.2) is 52.3 Å². The van der Waals surface area contributed by atoms with Gasteiger partial charge in [0.25, 0.3) is 0 Å². The first-order valence-corrected chi connectivity index (χ1v) is 10.6. The van der Waals surface area contributed by atoms with Gasteiger partial charge in [0.1, 0.15) is 16.6 Å². The molecule has 1 aliphatic heterocycles. The lowest BCUT2D eigenvalue weighted by molar-refractivity contribution is 0.247. The van der Waals surface area contributed by atoms with Crippen LogP contribution in [0, 0.1) is 13.8 Å². The van der Waals surface area contributed by atoms with E-state index in [-0.39, 0.29) is 0 Å². The summed E-state index contributed by atoms with van der Waals surface area (Å²) in [6, 6.07) is 10.5. The van der Waals surface area contributed by atoms with Gasteiger partial charge in [-0.15, -0.1) is 11.8 Å². The van der Waals surface area contributed by atoms with Crippen molar-refractivity contribution < 1.29 is 4.52 Å². The lowest BCUT2D eigenvalue weighted by Crippen LogP contribution is -2.46. The van der Waals surface area contributed by atoms with E-state index in [0.29, 0.717) is 0 Å². The molecule has 3 aromatic rings. The summed E-state index contributed by atoms with van der Waals surface area (Å²) in [5, 5.41) is 5.03. The molecule has 0 amide bonds. The van der Waals surface area contributed by atoms with Gasteiger partial charge >= 0.3 is 0 Å². The highest BCUT2D eigenvalue weighted by Crippen LogP contribution is 2.23. The standard InChI is InChI=1S/C21H25N5OS/c1-16-19(17(2)27-24-16)14-25-8-10-26(11-9-25)20-12-22-13-21(23-20)28-15-18-6-4-3-5-7-18/h3-7,12-13H,8-11,14-15H2,1-2H3. The van der Waals surface area contributed by atoms with Crippen molar-refractivity contribution in [3.63, 3.8) is 0 Å². The number of piperazine rings is 1. The van der Waals surface area contributed by atoms with Crippen LogP contribution < -0.4 is 4.90 Å². The first kappa shape index (κ1) is 19.0. The second kappa shape index (κ2) is 8.75. The molecule has 146 valence electrons. The van der Waals surface area contributed by atoms with Gasteiger partial charge in [-0.25, -0.2) is 4.98 Å². The highest BCUT2D eigenvalue weighted by atomic mass is 32.2. The molecule has 0 atom stereocenters. The van der Waals surface area contributed by atoms with E-state index in [4.69, 9.17) is 9.51 Å². The summed E-state index contributed by atoms with van der Waals surface area (Å²) in [6.07, 6.45) is 3.72. The predicted molar refractivity (Wildman–Crippen MR) is 112 cm³/mol. The maximum absolute atomic E-state index is 5.29. The first-order chi connectivity index (χ1) is 13.7. The van der Waals surface area contributed by atoms with Crippen LogP contribution in [0.5, 0.6) is 0 Å². The van der Waals surface area contributed by atoms with Crippen LogP contribution in [0.4, 0.5) is 5.82 Å². The molecule has 7 heteroatoms. The van der Waals surface area contributed by atoms with Gasteiger partial charge in [0.15, 0.2) is 0 Å². The van der Waals surface area contributed by atoms with Crippen molar-refractivity contribution in [2.24, 2.45) is 0 Å². The Hall–Kier alpha value is -2.38. The van der Waals surface area contributed by atoms with E-state index < -0.39 is 0 Å². The molecule has 0 N–H and O–H groups in total. The van der Waals surface area contributed by atoms with Crippen molar-refractivity contribution in [1.29, 1.82) is 0 Å². The van der Waals surface area contributed by atoms with E-state index in [1.807, 2.05) is 32.3 Å². The van der Waals surface area contributed by atoms with Crippen molar-refractivity contribution in [1.82, 2.24) is 20.0 Å². The molecule has 2 aromatic heterocycles. The summed E-state index contributed by atoms with van der Waals surface area (Å²) in [4.78, 5) is 14.0. The summed E-state index contributed by atoms with van der Waals surface area (Å²) in [6.45, 7) is 8.78. The largest absolute Gasteiger partial charge is 0.361 e. The molecule has 1 fully saturated rings. The summed E-state index contributed by atoms with van der Waals surface area (Å²) in [5.41, 5.74) is 3.51. The van der Waals surface area contributed by atoms with Crippen LogP contribution in [0.3, 0.4) is 0 Å². The summed E-state index contributed by atoms with van der Waals surface area (Å²) in [7, 11) is 0. The number of anilines is 1. The van der Waals surface area contributed by atoms with Gasteiger partial charge in [0.05, 0.1) is 18.1 Å². The topological polar surface area (TPSA) is 58.3 Å². The normalized spacial score (nSPS) is 15.1. The lowest BCUT2D eigenvalue weighted by Gasteiger charge is -2.35. The van der Waals surface area contributed by atoms with Crippen molar-refractivity contribution in [2.45, 2.75) is 31.2 Å². The van der Waals surface area contributed by atoms with E-state index in [1.54, 1.807) is 11.8 Å². The second-order valence-electron chi connectivity index (χ2n) is 7.06. The monoisotopic (exact) mass is 395 g/mol.